The first-order valence-corrected chi connectivity index (χ1v) is 6.92. The van der Waals surface area contributed by atoms with E-state index in [1.54, 1.807) is 44.5 Å². The average molecular weight is 198 g/mol. The summed E-state index contributed by atoms with van der Waals surface area (Å²) in [5, 5.41) is 0. The van der Waals surface area contributed by atoms with Gasteiger partial charge in [-0.3, -0.25) is 0 Å². The Balaban J connectivity index is 2.70. The lowest BCUT2D eigenvalue weighted by Gasteiger charge is -2.16. The predicted octanol–water partition coefficient (Wildman–Crippen LogP) is 1.77. The maximum absolute atomic E-state index is 9.48. The van der Waals surface area contributed by atoms with Gasteiger partial charge in [0.2, 0.25) is 0 Å². The Kier molecular flexibility index (Phi) is 2.95. The summed E-state index contributed by atoms with van der Waals surface area (Å²) in [5.74, 6) is 1.46. The number of methoxy groups -OCH3 is 1. The van der Waals surface area contributed by atoms with Gasteiger partial charge in [0.15, 0.2) is 0 Å². The van der Waals surface area contributed by atoms with Crippen molar-refractivity contribution in [2.45, 2.75) is 13.1 Å². The van der Waals surface area contributed by atoms with Crippen LogP contribution in [-0.4, -0.2) is 20.5 Å². The molecule has 0 amide bonds. The zero-order valence-electron chi connectivity index (χ0n) is 8.07. The highest BCUT2D eigenvalue weighted by molar-refractivity contribution is 6.63. The van der Waals surface area contributed by atoms with Gasteiger partial charge in [-0.25, -0.2) is 0 Å². The van der Waals surface area contributed by atoms with E-state index in [1.807, 2.05) is 0 Å². The molecule has 0 radical (unpaired) electrons. The zero-order chi connectivity index (χ0) is 9.90. The van der Waals surface area contributed by atoms with Crippen LogP contribution in [0.1, 0.15) is 0 Å². The van der Waals surface area contributed by atoms with Gasteiger partial charge >= 0.3 is 8.56 Å². The number of benzene rings is 1. The fraction of sp³-hybridized carbons (Fsp3) is 0.333. The van der Waals surface area contributed by atoms with E-state index in [0.29, 0.717) is 5.75 Å². The third-order valence-electron chi connectivity index (χ3n) is 1.43. The molecule has 1 aromatic carbocycles. The van der Waals surface area contributed by atoms with Crippen LogP contribution in [0.25, 0.3) is 0 Å². The Morgan fingerprint density at radius 2 is 1.54 bits per heavy atom. The largest absolute Gasteiger partial charge is 0.520 e. The van der Waals surface area contributed by atoms with Gasteiger partial charge in [0.05, 0.1) is 7.11 Å². The molecule has 0 aliphatic rings. The molecule has 0 aromatic heterocycles. The molecule has 1 aromatic rings. The van der Waals surface area contributed by atoms with Crippen molar-refractivity contribution in [3.63, 3.8) is 0 Å². The summed E-state index contributed by atoms with van der Waals surface area (Å²) in [6.07, 6.45) is 0. The summed E-state index contributed by atoms with van der Waals surface area (Å²) in [6.45, 7) is 3.44. The highest BCUT2D eigenvalue weighted by atomic mass is 28.4. The van der Waals surface area contributed by atoms with Gasteiger partial charge in [-0.15, -0.1) is 0 Å². The van der Waals surface area contributed by atoms with Crippen LogP contribution in [0.2, 0.25) is 13.1 Å². The number of hydrogen-bond donors (Lipinski definition) is 1. The fourth-order valence-electron chi connectivity index (χ4n) is 0.932. The maximum atomic E-state index is 9.48. The molecular formula is C9H14O3Si. The van der Waals surface area contributed by atoms with Gasteiger partial charge < -0.3 is 14.0 Å². The second-order valence-electron chi connectivity index (χ2n) is 3.22. The van der Waals surface area contributed by atoms with E-state index >= 15 is 0 Å². The van der Waals surface area contributed by atoms with Crippen LogP contribution in [0.5, 0.6) is 11.5 Å². The van der Waals surface area contributed by atoms with E-state index in [-0.39, 0.29) is 0 Å². The van der Waals surface area contributed by atoms with Crippen molar-refractivity contribution >= 4 is 8.56 Å². The molecule has 4 heteroatoms. The molecule has 0 aliphatic carbocycles. The number of rotatable bonds is 3. The molecule has 0 bridgehead atoms. The fourth-order valence-corrected chi connectivity index (χ4v) is 1.65. The molecule has 72 valence electrons. The van der Waals surface area contributed by atoms with Gasteiger partial charge in [-0.1, -0.05) is 0 Å². The minimum Gasteiger partial charge on any atom is -0.520 e. The monoisotopic (exact) mass is 198 g/mol. The molecule has 0 saturated heterocycles. The highest BCUT2D eigenvalue weighted by Crippen LogP contribution is 2.19. The van der Waals surface area contributed by atoms with Crippen molar-refractivity contribution in [2.24, 2.45) is 0 Å². The summed E-state index contributed by atoms with van der Waals surface area (Å²) in [5.41, 5.74) is 0. The lowest BCUT2D eigenvalue weighted by Crippen LogP contribution is -2.33. The third kappa shape index (κ3) is 3.48. The van der Waals surface area contributed by atoms with Crippen LogP contribution in [-0.2, 0) is 0 Å². The Labute approximate surface area is 79.2 Å². The molecule has 0 aliphatic heterocycles. The topological polar surface area (TPSA) is 38.7 Å². The van der Waals surface area contributed by atoms with Crippen molar-refractivity contribution in [3.8, 4) is 11.5 Å². The van der Waals surface area contributed by atoms with Crippen molar-refractivity contribution in [1.82, 2.24) is 0 Å². The predicted molar refractivity (Wildman–Crippen MR) is 53.3 cm³/mol. The quantitative estimate of drug-likeness (QED) is 0.752. The van der Waals surface area contributed by atoms with Crippen LogP contribution in [0.3, 0.4) is 0 Å². The molecule has 1 rings (SSSR count). The second-order valence-corrected chi connectivity index (χ2v) is 6.32. The Hall–Kier alpha value is -1.00. The summed E-state index contributed by atoms with van der Waals surface area (Å²) >= 11 is 0. The van der Waals surface area contributed by atoms with Crippen LogP contribution in [0, 0.1) is 0 Å². The first-order chi connectivity index (χ1) is 6.01. The van der Waals surface area contributed by atoms with Crippen molar-refractivity contribution in [3.05, 3.63) is 24.3 Å². The van der Waals surface area contributed by atoms with E-state index in [4.69, 9.17) is 9.16 Å². The molecule has 0 atom stereocenters. The van der Waals surface area contributed by atoms with Crippen LogP contribution in [0.4, 0.5) is 0 Å². The van der Waals surface area contributed by atoms with Crippen LogP contribution in [0.15, 0.2) is 24.3 Å². The molecule has 0 heterocycles. The van der Waals surface area contributed by atoms with Gasteiger partial charge in [-0.05, 0) is 37.4 Å². The number of ether oxygens (including phenoxy) is 1. The smallest absolute Gasteiger partial charge is 0.389 e. The molecular weight excluding hydrogens is 184 g/mol. The Bertz CT molecular complexity index is 263. The molecule has 0 spiro atoms. The molecule has 3 nitrogen and oxygen atoms in total. The van der Waals surface area contributed by atoms with Crippen molar-refractivity contribution in [1.29, 1.82) is 0 Å². The average Bonchev–Trinajstić information content (AvgIpc) is 2.03. The Morgan fingerprint density at radius 3 is 1.92 bits per heavy atom. The van der Waals surface area contributed by atoms with E-state index in [0.717, 1.165) is 5.75 Å². The first kappa shape index (κ1) is 10.1. The van der Waals surface area contributed by atoms with Crippen LogP contribution >= 0.6 is 0 Å². The van der Waals surface area contributed by atoms with E-state index in [2.05, 4.69) is 0 Å². The normalized spacial score (nSPS) is 11.1. The third-order valence-corrected chi connectivity index (χ3v) is 2.16. The first-order valence-electron chi connectivity index (χ1n) is 4.07. The maximum Gasteiger partial charge on any atom is 0.389 e. The SMILES string of the molecule is COc1ccc(O[Si](C)(C)O)cc1. The molecule has 13 heavy (non-hydrogen) atoms. The van der Waals surface area contributed by atoms with Crippen molar-refractivity contribution in [2.75, 3.05) is 7.11 Å². The molecule has 0 fully saturated rings. The number of hydrogen-bond acceptors (Lipinski definition) is 3. The standard InChI is InChI=1S/C9H14O3Si/c1-11-8-4-6-9(7-5-8)12-13(2,3)10/h4-7,10H,1-3H3. The van der Waals surface area contributed by atoms with Gasteiger partial charge in [0.25, 0.3) is 0 Å². The summed E-state index contributed by atoms with van der Waals surface area (Å²) in [4.78, 5) is 9.48. The van der Waals surface area contributed by atoms with E-state index < -0.39 is 8.56 Å². The van der Waals surface area contributed by atoms with E-state index in [9.17, 15) is 4.80 Å². The van der Waals surface area contributed by atoms with E-state index in [1.165, 1.54) is 0 Å². The minimum absolute atomic E-state index is 0.681. The Morgan fingerprint density at radius 1 is 1.08 bits per heavy atom. The summed E-state index contributed by atoms with van der Waals surface area (Å²) in [6, 6.07) is 7.17. The molecule has 0 saturated carbocycles. The van der Waals surface area contributed by atoms with Crippen LogP contribution < -0.4 is 9.16 Å². The highest BCUT2D eigenvalue weighted by Gasteiger charge is 2.20. The molecule has 0 unspecified atom stereocenters. The van der Waals surface area contributed by atoms with Gasteiger partial charge in [0, 0.05) is 0 Å². The van der Waals surface area contributed by atoms with Crippen molar-refractivity contribution < 1.29 is 14.0 Å². The molecule has 1 N–H and O–H groups in total. The lowest BCUT2D eigenvalue weighted by atomic mass is 10.3. The van der Waals surface area contributed by atoms with Gasteiger partial charge in [-0.2, -0.15) is 0 Å². The minimum atomic E-state index is -2.47. The zero-order valence-corrected chi connectivity index (χ0v) is 9.07. The summed E-state index contributed by atoms with van der Waals surface area (Å²) in [7, 11) is -0.855. The summed E-state index contributed by atoms with van der Waals surface area (Å²) < 4.78 is 10.3. The second kappa shape index (κ2) is 3.80. The van der Waals surface area contributed by atoms with Gasteiger partial charge in [0.1, 0.15) is 11.5 Å². The lowest BCUT2D eigenvalue weighted by molar-refractivity contribution is 0.388.